The van der Waals surface area contributed by atoms with Crippen LogP contribution in [0.15, 0.2) is 40.9 Å². The van der Waals surface area contributed by atoms with Crippen molar-refractivity contribution in [3.05, 3.63) is 53.4 Å². The molecule has 0 spiro atoms. The van der Waals surface area contributed by atoms with Crippen molar-refractivity contribution in [1.82, 2.24) is 15.4 Å². The van der Waals surface area contributed by atoms with Crippen LogP contribution in [0.3, 0.4) is 0 Å². The first kappa shape index (κ1) is 16.3. The molecule has 2 atom stereocenters. The van der Waals surface area contributed by atoms with Crippen molar-refractivity contribution < 1.29 is 9.32 Å². The summed E-state index contributed by atoms with van der Waals surface area (Å²) in [6.07, 6.45) is 3.40. The number of carbonyl (C=O) groups excluding carboxylic acids is 1. The van der Waals surface area contributed by atoms with Crippen LogP contribution < -0.4 is 5.32 Å². The first-order chi connectivity index (χ1) is 12.2. The number of aromatic nitrogens is 1. The summed E-state index contributed by atoms with van der Waals surface area (Å²) >= 11 is 0. The van der Waals surface area contributed by atoms with Crippen LogP contribution in [0.2, 0.25) is 0 Å². The summed E-state index contributed by atoms with van der Waals surface area (Å²) in [6, 6.07) is 12.5. The molecule has 1 aliphatic carbocycles. The first-order valence-electron chi connectivity index (χ1n) is 9.23. The lowest BCUT2D eigenvalue weighted by Crippen LogP contribution is -2.39. The smallest absolute Gasteiger partial charge is 0.273 e. The molecule has 0 bridgehead atoms. The molecule has 0 radical (unpaired) electrons. The van der Waals surface area contributed by atoms with Crippen LogP contribution in [0, 0.1) is 5.92 Å². The average molecular weight is 339 g/mol. The zero-order valence-electron chi connectivity index (χ0n) is 14.6. The zero-order chi connectivity index (χ0) is 17.2. The van der Waals surface area contributed by atoms with E-state index in [0.29, 0.717) is 17.5 Å². The maximum absolute atomic E-state index is 12.4. The molecule has 2 heterocycles. The minimum Gasteiger partial charge on any atom is -0.360 e. The Labute approximate surface area is 148 Å². The Hall–Kier alpha value is -2.14. The van der Waals surface area contributed by atoms with Crippen molar-refractivity contribution >= 4 is 5.91 Å². The van der Waals surface area contributed by atoms with Gasteiger partial charge in [0.1, 0.15) is 5.76 Å². The summed E-state index contributed by atoms with van der Waals surface area (Å²) in [5, 5.41) is 7.04. The normalized spacial score (nSPS) is 22.0. The first-order valence-corrected chi connectivity index (χ1v) is 9.23. The van der Waals surface area contributed by atoms with E-state index in [9.17, 15) is 4.79 Å². The third-order valence-electron chi connectivity index (χ3n) is 5.36. The summed E-state index contributed by atoms with van der Waals surface area (Å²) in [5.74, 6) is 1.69. The Bertz CT molecular complexity index is 724. The molecule has 1 aromatic heterocycles. The standard InChI is InChI=1S/C20H25N3O2/c1-14(21-20(24)18-11-19(25-22-18)16-7-8-16)17-9-10-23(13-17)12-15-5-3-2-4-6-15/h2-6,11,14,16-17H,7-10,12-13H2,1H3,(H,21,24)/t14-,17+/m1/s1. The van der Waals surface area contributed by atoms with Crippen LogP contribution >= 0.6 is 0 Å². The average Bonchev–Trinajstić information content (AvgIpc) is 3.16. The van der Waals surface area contributed by atoms with Gasteiger partial charge in [-0.1, -0.05) is 35.5 Å². The third-order valence-corrected chi connectivity index (χ3v) is 5.36. The summed E-state index contributed by atoms with van der Waals surface area (Å²) in [6.45, 7) is 5.17. The van der Waals surface area contributed by atoms with Crippen molar-refractivity contribution in [2.75, 3.05) is 13.1 Å². The van der Waals surface area contributed by atoms with Gasteiger partial charge in [-0.05, 0) is 44.2 Å². The fraction of sp³-hybridized carbons (Fsp3) is 0.500. The molecule has 2 fully saturated rings. The predicted molar refractivity (Wildman–Crippen MR) is 95.2 cm³/mol. The molecule has 25 heavy (non-hydrogen) atoms. The molecule has 1 saturated heterocycles. The molecule has 1 aliphatic heterocycles. The molecule has 5 heteroatoms. The van der Waals surface area contributed by atoms with E-state index in [-0.39, 0.29) is 11.9 Å². The van der Waals surface area contributed by atoms with E-state index >= 15 is 0 Å². The number of likely N-dealkylation sites (tertiary alicyclic amines) is 1. The summed E-state index contributed by atoms with van der Waals surface area (Å²) < 4.78 is 5.28. The summed E-state index contributed by atoms with van der Waals surface area (Å²) in [7, 11) is 0. The lowest BCUT2D eigenvalue weighted by Gasteiger charge is -2.21. The third kappa shape index (κ3) is 3.93. The van der Waals surface area contributed by atoms with Crippen molar-refractivity contribution in [3.8, 4) is 0 Å². The van der Waals surface area contributed by atoms with Crippen molar-refractivity contribution in [1.29, 1.82) is 0 Å². The van der Waals surface area contributed by atoms with Gasteiger partial charge in [0, 0.05) is 31.1 Å². The maximum atomic E-state index is 12.4. The Morgan fingerprint density at radius 2 is 2.12 bits per heavy atom. The maximum Gasteiger partial charge on any atom is 0.273 e. The number of hydrogen-bond acceptors (Lipinski definition) is 4. The second kappa shape index (κ2) is 7.00. The van der Waals surface area contributed by atoms with Crippen LogP contribution in [0.5, 0.6) is 0 Å². The fourth-order valence-electron chi connectivity index (χ4n) is 3.61. The minimum atomic E-state index is -0.121. The molecule has 1 aromatic carbocycles. The van der Waals surface area contributed by atoms with E-state index in [1.165, 1.54) is 5.56 Å². The summed E-state index contributed by atoms with van der Waals surface area (Å²) in [4.78, 5) is 14.9. The predicted octanol–water partition coefficient (Wildman–Crippen LogP) is 3.19. The highest BCUT2D eigenvalue weighted by molar-refractivity contribution is 5.92. The van der Waals surface area contributed by atoms with Gasteiger partial charge in [0.15, 0.2) is 5.69 Å². The second-order valence-electron chi connectivity index (χ2n) is 7.42. The van der Waals surface area contributed by atoms with Crippen LogP contribution in [-0.4, -0.2) is 35.1 Å². The number of hydrogen-bond donors (Lipinski definition) is 1. The topological polar surface area (TPSA) is 58.4 Å². The van der Waals surface area contributed by atoms with Crippen LogP contribution in [0.1, 0.15) is 53.9 Å². The largest absolute Gasteiger partial charge is 0.360 e. The minimum absolute atomic E-state index is 0.121. The van der Waals surface area contributed by atoms with E-state index in [1.54, 1.807) is 6.07 Å². The van der Waals surface area contributed by atoms with Crippen molar-refractivity contribution in [2.45, 2.75) is 44.7 Å². The molecule has 1 saturated carbocycles. The number of nitrogens with zero attached hydrogens (tertiary/aromatic N) is 2. The van der Waals surface area contributed by atoms with Crippen LogP contribution in [-0.2, 0) is 6.54 Å². The monoisotopic (exact) mass is 339 g/mol. The van der Waals surface area contributed by atoms with E-state index < -0.39 is 0 Å². The number of rotatable bonds is 6. The van der Waals surface area contributed by atoms with Crippen LogP contribution in [0.4, 0.5) is 0 Å². The number of benzene rings is 1. The van der Waals surface area contributed by atoms with Gasteiger partial charge in [-0.15, -0.1) is 0 Å². The molecule has 4 rings (SSSR count). The van der Waals surface area contributed by atoms with Gasteiger partial charge in [-0.25, -0.2) is 0 Å². The Morgan fingerprint density at radius 1 is 1.32 bits per heavy atom. The van der Waals surface area contributed by atoms with E-state index in [4.69, 9.17) is 4.52 Å². The van der Waals surface area contributed by atoms with Gasteiger partial charge in [0.05, 0.1) is 0 Å². The molecule has 5 nitrogen and oxygen atoms in total. The molecule has 2 aliphatic rings. The van der Waals surface area contributed by atoms with Gasteiger partial charge in [0.25, 0.3) is 5.91 Å². The van der Waals surface area contributed by atoms with Crippen molar-refractivity contribution in [2.24, 2.45) is 5.92 Å². The second-order valence-corrected chi connectivity index (χ2v) is 7.42. The zero-order valence-corrected chi connectivity index (χ0v) is 14.6. The van der Waals surface area contributed by atoms with Gasteiger partial charge in [-0.3, -0.25) is 9.69 Å². The summed E-state index contributed by atoms with van der Waals surface area (Å²) in [5.41, 5.74) is 1.75. The molecule has 2 aromatic rings. The quantitative estimate of drug-likeness (QED) is 0.878. The van der Waals surface area contributed by atoms with Gasteiger partial charge < -0.3 is 9.84 Å². The highest BCUT2D eigenvalue weighted by Crippen LogP contribution is 2.40. The van der Waals surface area contributed by atoms with E-state index in [2.05, 4.69) is 46.6 Å². The van der Waals surface area contributed by atoms with Crippen molar-refractivity contribution in [3.63, 3.8) is 0 Å². The lowest BCUT2D eigenvalue weighted by molar-refractivity contribution is 0.0917. The molecular formula is C20H25N3O2. The lowest BCUT2D eigenvalue weighted by atomic mass is 10.0. The van der Waals surface area contributed by atoms with E-state index in [1.807, 2.05) is 6.07 Å². The SMILES string of the molecule is C[C@@H](NC(=O)c1cc(C2CC2)on1)[C@H]1CCN(Cc2ccccc2)C1. The Morgan fingerprint density at radius 3 is 2.88 bits per heavy atom. The highest BCUT2D eigenvalue weighted by atomic mass is 16.5. The van der Waals surface area contributed by atoms with E-state index in [0.717, 1.165) is 44.7 Å². The van der Waals surface area contributed by atoms with Gasteiger partial charge >= 0.3 is 0 Å². The Balaban J connectivity index is 1.29. The van der Waals surface area contributed by atoms with Crippen LogP contribution in [0.25, 0.3) is 0 Å². The number of carbonyl (C=O) groups is 1. The fourth-order valence-corrected chi connectivity index (χ4v) is 3.61. The number of nitrogens with one attached hydrogen (secondary N) is 1. The molecule has 1 N–H and O–H groups in total. The van der Waals surface area contributed by atoms with Gasteiger partial charge in [0.2, 0.25) is 0 Å². The van der Waals surface area contributed by atoms with Gasteiger partial charge in [-0.2, -0.15) is 0 Å². The number of amides is 1. The Kier molecular flexibility index (Phi) is 4.57. The highest BCUT2D eigenvalue weighted by Gasteiger charge is 2.31. The molecule has 1 amide bonds. The molecule has 0 unspecified atom stereocenters. The molecular weight excluding hydrogens is 314 g/mol. The molecule has 132 valence electrons.